The molecule has 0 saturated carbocycles. The normalized spacial score (nSPS) is 12.8. The van der Waals surface area contributed by atoms with Gasteiger partial charge >= 0.3 is 0 Å². The van der Waals surface area contributed by atoms with E-state index in [9.17, 15) is 0 Å². The lowest BCUT2D eigenvalue weighted by atomic mass is 10.1. The molecule has 0 fully saturated rings. The summed E-state index contributed by atoms with van der Waals surface area (Å²) in [5.74, 6) is 0. The van der Waals surface area contributed by atoms with Gasteiger partial charge in [-0.1, -0.05) is 30.3 Å². The van der Waals surface area contributed by atoms with Crippen molar-refractivity contribution in [3.63, 3.8) is 0 Å². The van der Waals surface area contributed by atoms with E-state index in [2.05, 4.69) is 17.4 Å². The molecule has 0 bridgehead atoms. The molecule has 0 aromatic heterocycles. The lowest BCUT2D eigenvalue weighted by molar-refractivity contribution is 0.169. The van der Waals surface area contributed by atoms with Crippen molar-refractivity contribution in [1.82, 2.24) is 5.32 Å². The Morgan fingerprint density at radius 1 is 1.33 bits per heavy atom. The van der Waals surface area contributed by atoms with Crippen LogP contribution >= 0.6 is 0 Å². The number of likely N-dealkylation sites (N-methyl/N-ethyl adjacent to an activating group) is 1. The van der Waals surface area contributed by atoms with Crippen molar-refractivity contribution in [1.29, 1.82) is 0 Å². The highest BCUT2D eigenvalue weighted by Gasteiger charge is 2.07. The molecule has 2 nitrogen and oxygen atoms in total. The maximum absolute atomic E-state index is 5.06. The molecule has 1 atom stereocenters. The fourth-order valence-corrected chi connectivity index (χ4v) is 1.15. The fourth-order valence-electron chi connectivity index (χ4n) is 1.15. The summed E-state index contributed by atoms with van der Waals surface area (Å²) in [5.41, 5.74) is 1.21. The third-order valence-electron chi connectivity index (χ3n) is 1.82. The standard InChI is InChI=1S/C10H14NO/c1-11-10(8-12-2)9-6-4-3-5-7-9/h3-7,10H,8H2,1-2H3. The zero-order valence-corrected chi connectivity index (χ0v) is 7.53. The lowest BCUT2D eigenvalue weighted by Gasteiger charge is -2.13. The topological polar surface area (TPSA) is 23.3 Å². The van der Waals surface area contributed by atoms with Gasteiger partial charge in [0.15, 0.2) is 0 Å². The first kappa shape index (κ1) is 9.23. The lowest BCUT2D eigenvalue weighted by Crippen LogP contribution is -2.15. The minimum absolute atomic E-state index is 0.177. The molecular weight excluding hydrogens is 150 g/mol. The van der Waals surface area contributed by atoms with Crippen LogP contribution in [-0.2, 0) is 4.74 Å². The maximum Gasteiger partial charge on any atom is 0.0726 e. The Balaban J connectivity index is 2.66. The molecule has 0 heterocycles. The summed E-state index contributed by atoms with van der Waals surface area (Å²) in [5, 5.41) is 4.22. The minimum Gasteiger partial charge on any atom is -0.383 e. The quantitative estimate of drug-likeness (QED) is 0.663. The second kappa shape index (κ2) is 4.91. The van der Waals surface area contributed by atoms with Crippen LogP contribution < -0.4 is 5.32 Å². The molecule has 0 saturated heterocycles. The van der Waals surface area contributed by atoms with Gasteiger partial charge in [-0.2, -0.15) is 0 Å². The zero-order chi connectivity index (χ0) is 8.81. The number of nitrogens with zero attached hydrogens (tertiary/aromatic N) is 1. The van der Waals surface area contributed by atoms with Crippen molar-refractivity contribution in [3.8, 4) is 0 Å². The smallest absolute Gasteiger partial charge is 0.0726 e. The highest BCUT2D eigenvalue weighted by atomic mass is 16.5. The molecule has 1 rings (SSSR count). The second-order valence-electron chi connectivity index (χ2n) is 2.64. The predicted octanol–water partition coefficient (Wildman–Crippen LogP) is 1.61. The summed E-state index contributed by atoms with van der Waals surface area (Å²) in [6.07, 6.45) is 0. The van der Waals surface area contributed by atoms with Crippen molar-refractivity contribution >= 4 is 0 Å². The van der Waals surface area contributed by atoms with Crippen molar-refractivity contribution < 1.29 is 4.74 Å². The van der Waals surface area contributed by atoms with Crippen LogP contribution in [0.25, 0.3) is 0 Å². The van der Waals surface area contributed by atoms with E-state index < -0.39 is 0 Å². The van der Waals surface area contributed by atoms with E-state index in [0.29, 0.717) is 6.61 Å². The summed E-state index contributed by atoms with van der Waals surface area (Å²) in [6.45, 7) is 0.653. The monoisotopic (exact) mass is 164 g/mol. The summed E-state index contributed by atoms with van der Waals surface area (Å²) in [4.78, 5) is 0. The van der Waals surface area contributed by atoms with Gasteiger partial charge in [-0.3, -0.25) is 0 Å². The molecule has 1 radical (unpaired) electrons. The second-order valence-corrected chi connectivity index (χ2v) is 2.64. The average Bonchev–Trinajstić information content (AvgIpc) is 2.15. The van der Waals surface area contributed by atoms with E-state index in [1.807, 2.05) is 25.2 Å². The summed E-state index contributed by atoms with van der Waals surface area (Å²) in [7, 11) is 3.51. The van der Waals surface area contributed by atoms with Crippen molar-refractivity contribution in [2.45, 2.75) is 6.04 Å². The van der Waals surface area contributed by atoms with Crippen LogP contribution in [-0.4, -0.2) is 20.8 Å². The van der Waals surface area contributed by atoms with Crippen molar-refractivity contribution in [2.24, 2.45) is 0 Å². The molecule has 0 N–H and O–H groups in total. The minimum atomic E-state index is 0.177. The Hall–Kier alpha value is -0.860. The molecule has 1 unspecified atom stereocenters. The summed E-state index contributed by atoms with van der Waals surface area (Å²) < 4.78 is 5.06. The van der Waals surface area contributed by atoms with Gasteiger partial charge < -0.3 is 4.74 Å². The molecular formula is C10H14NO. The van der Waals surface area contributed by atoms with Gasteiger partial charge in [0.05, 0.1) is 12.6 Å². The Kier molecular flexibility index (Phi) is 3.77. The average molecular weight is 164 g/mol. The Labute approximate surface area is 73.6 Å². The highest BCUT2D eigenvalue weighted by Crippen LogP contribution is 2.12. The summed E-state index contributed by atoms with van der Waals surface area (Å²) >= 11 is 0. The van der Waals surface area contributed by atoms with Gasteiger partial charge in [-0.15, -0.1) is 0 Å². The zero-order valence-electron chi connectivity index (χ0n) is 7.53. The van der Waals surface area contributed by atoms with Crippen molar-refractivity contribution in [3.05, 3.63) is 35.9 Å². The first-order valence-corrected chi connectivity index (χ1v) is 4.01. The molecule has 0 aliphatic rings. The predicted molar refractivity (Wildman–Crippen MR) is 49.1 cm³/mol. The number of hydrogen-bond donors (Lipinski definition) is 0. The molecule has 0 amide bonds. The fraction of sp³-hybridized carbons (Fsp3) is 0.400. The molecule has 0 aliphatic carbocycles. The molecule has 12 heavy (non-hydrogen) atoms. The molecule has 2 heteroatoms. The first-order valence-electron chi connectivity index (χ1n) is 4.01. The van der Waals surface area contributed by atoms with Crippen LogP contribution in [0.15, 0.2) is 30.3 Å². The van der Waals surface area contributed by atoms with Crippen LogP contribution in [0.2, 0.25) is 0 Å². The Bertz CT molecular complexity index is 210. The van der Waals surface area contributed by atoms with E-state index in [-0.39, 0.29) is 6.04 Å². The van der Waals surface area contributed by atoms with Crippen LogP contribution in [0.5, 0.6) is 0 Å². The van der Waals surface area contributed by atoms with Gasteiger partial charge in [0.2, 0.25) is 0 Å². The van der Waals surface area contributed by atoms with Crippen LogP contribution in [0.1, 0.15) is 11.6 Å². The number of benzene rings is 1. The molecule has 1 aromatic rings. The van der Waals surface area contributed by atoms with Crippen LogP contribution in [0.3, 0.4) is 0 Å². The Morgan fingerprint density at radius 2 is 2.00 bits per heavy atom. The molecule has 0 aliphatic heterocycles. The number of methoxy groups -OCH3 is 1. The van der Waals surface area contributed by atoms with Crippen LogP contribution in [0.4, 0.5) is 0 Å². The Morgan fingerprint density at radius 3 is 2.50 bits per heavy atom. The number of ether oxygens (including phenoxy) is 1. The van der Waals surface area contributed by atoms with E-state index in [1.165, 1.54) is 5.56 Å². The van der Waals surface area contributed by atoms with Gasteiger partial charge in [0.25, 0.3) is 0 Å². The van der Waals surface area contributed by atoms with Crippen molar-refractivity contribution in [2.75, 3.05) is 20.8 Å². The highest BCUT2D eigenvalue weighted by molar-refractivity contribution is 5.18. The van der Waals surface area contributed by atoms with Gasteiger partial charge in [0.1, 0.15) is 0 Å². The van der Waals surface area contributed by atoms with Gasteiger partial charge in [-0.25, -0.2) is 5.32 Å². The largest absolute Gasteiger partial charge is 0.383 e. The van der Waals surface area contributed by atoms with E-state index >= 15 is 0 Å². The number of hydrogen-bond acceptors (Lipinski definition) is 1. The number of rotatable bonds is 4. The van der Waals surface area contributed by atoms with Gasteiger partial charge in [-0.05, 0) is 5.56 Å². The van der Waals surface area contributed by atoms with Crippen LogP contribution in [0, 0.1) is 0 Å². The summed E-state index contributed by atoms with van der Waals surface area (Å²) in [6, 6.07) is 10.3. The maximum atomic E-state index is 5.06. The first-order chi connectivity index (χ1) is 5.88. The van der Waals surface area contributed by atoms with E-state index in [4.69, 9.17) is 4.74 Å². The third-order valence-corrected chi connectivity index (χ3v) is 1.82. The van der Waals surface area contributed by atoms with E-state index in [1.54, 1.807) is 7.11 Å². The molecule has 0 spiro atoms. The molecule has 65 valence electrons. The van der Waals surface area contributed by atoms with Gasteiger partial charge in [0, 0.05) is 14.2 Å². The third kappa shape index (κ3) is 2.32. The SMILES string of the molecule is C[N]C(COC)c1ccccc1. The molecule has 1 aromatic carbocycles. The van der Waals surface area contributed by atoms with E-state index in [0.717, 1.165) is 0 Å².